The van der Waals surface area contributed by atoms with Crippen LogP contribution in [0.25, 0.3) is 0 Å². The first-order chi connectivity index (χ1) is 5.64. The molecule has 0 aromatic carbocycles. The quantitative estimate of drug-likeness (QED) is 0.576. The van der Waals surface area contributed by atoms with Gasteiger partial charge in [0.05, 0.1) is 0 Å². The van der Waals surface area contributed by atoms with Gasteiger partial charge in [0.25, 0.3) is 0 Å². The lowest BCUT2D eigenvalue weighted by Crippen LogP contribution is -2.58. The maximum Gasteiger partial charge on any atom is 0.0308 e. The van der Waals surface area contributed by atoms with Gasteiger partial charge in [0, 0.05) is 24.2 Å². The van der Waals surface area contributed by atoms with Gasteiger partial charge in [-0.1, -0.05) is 0 Å². The topological polar surface area (TPSA) is 55.3 Å². The first kappa shape index (κ1) is 8.48. The zero-order chi connectivity index (χ0) is 8.77. The predicted octanol–water partition coefficient (Wildman–Crippen LogP) is -0.101. The van der Waals surface area contributed by atoms with Gasteiger partial charge in [-0.2, -0.15) is 0 Å². The largest absolute Gasteiger partial charge is 0.329 e. The third-order valence-electron chi connectivity index (χ3n) is 3.68. The van der Waals surface area contributed by atoms with Gasteiger partial charge in [-0.05, 0) is 32.7 Å². The Balaban J connectivity index is 2.12. The summed E-state index contributed by atoms with van der Waals surface area (Å²) in [6.07, 6.45) is 4.83. The number of hydrogen-bond acceptors (Lipinski definition) is 3. The molecule has 2 fully saturated rings. The van der Waals surface area contributed by atoms with Crippen LogP contribution in [0, 0.1) is 0 Å². The average molecular weight is 169 g/mol. The van der Waals surface area contributed by atoms with Crippen LogP contribution >= 0.6 is 0 Å². The third kappa shape index (κ3) is 1.16. The normalized spacial score (nSPS) is 48.2. The second kappa shape index (κ2) is 2.69. The Morgan fingerprint density at radius 1 is 1.33 bits per heavy atom. The molecule has 2 bridgehead atoms. The molecule has 0 aliphatic carbocycles. The Morgan fingerprint density at radius 2 is 1.83 bits per heavy atom. The zero-order valence-electron chi connectivity index (χ0n) is 7.79. The maximum absolute atomic E-state index is 6.19. The number of piperidine rings is 1. The minimum atomic E-state index is -0.0572. The molecular weight excluding hydrogens is 150 g/mol. The van der Waals surface area contributed by atoms with Gasteiger partial charge in [0.1, 0.15) is 0 Å². The van der Waals surface area contributed by atoms with Crippen molar-refractivity contribution in [2.45, 2.75) is 43.3 Å². The molecule has 2 rings (SSSR count). The lowest BCUT2D eigenvalue weighted by molar-refractivity contribution is 0.117. The van der Waals surface area contributed by atoms with Gasteiger partial charge >= 0.3 is 0 Å². The van der Waals surface area contributed by atoms with Gasteiger partial charge in [-0.3, -0.25) is 0 Å². The van der Waals surface area contributed by atoms with Crippen molar-refractivity contribution in [3.05, 3.63) is 0 Å². The monoisotopic (exact) mass is 169 g/mol. The van der Waals surface area contributed by atoms with E-state index in [2.05, 4.69) is 11.9 Å². The maximum atomic E-state index is 6.19. The second-order valence-corrected chi connectivity index (χ2v) is 4.53. The van der Waals surface area contributed by atoms with Gasteiger partial charge < -0.3 is 16.4 Å². The molecule has 70 valence electrons. The Labute approximate surface area is 74.1 Å². The summed E-state index contributed by atoms with van der Waals surface area (Å²) in [6, 6.07) is 1.41. The summed E-state index contributed by atoms with van der Waals surface area (Å²) < 4.78 is 0. The molecule has 0 radical (unpaired) electrons. The van der Waals surface area contributed by atoms with E-state index in [9.17, 15) is 0 Å². The summed E-state index contributed by atoms with van der Waals surface area (Å²) in [5, 5.41) is 0. The third-order valence-corrected chi connectivity index (χ3v) is 3.68. The van der Waals surface area contributed by atoms with Crippen molar-refractivity contribution in [1.29, 1.82) is 0 Å². The minimum Gasteiger partial charge on any atom is -0.329 e. The highest BCUT2D eigenvalue weighted by Crippen LogP contribution is 2.37. The molecular formula is C9H19N3. The van der Waals surface area contributed by atoms with Crippen LogP contribution in [0.5, 0.6) is 0 Å². The number of rotatable bonds is 1. The molecule has 3 heteroatoms. The highest BCUT2D eigenvalue weighted by molar-refractivity contribution is 5.03. The first-order valence-electron chi connectivity index (χ1n) is 4.85. The molecule has 2 aliphatic heterocycles. The number of fused-ring (bicyclic) bond motifs is 2. The number of nitrogens with zero attached hydrogens (tertiary/aromatic N) is 1. The van der Waals surface area contributed by atoms with Crippen LogP contribution in [0.1, 0.15) is 25.7 Å². The van der Waals surface area contributed by atoms with Crippen LogP contribution in [0.15, 0.2) is 0 Å². The van der Waals surface area contributed by atoms with E-state index in [4.69, 9.17) is 11.5 Å². The SMILES string of the molecule is CN1C2CCC1CC(N)(CN)C2. The van der Waals surface area contributed by atoms with Crippen molar-refractivity contribution < 1.29 is 0 Å². The molecule has 3 nitrogen and oxygen atoms in total. The minimum absolute atomic E-state index is 0.0572. The average Bonchev–Trinajstić information content (AvgIpc) is 2.32. The van der Waals surface area contributed by atoms with Crippen molar-refractivity contribution in [2.24, 2.45) is 11.5 Å². The predicted molar refractivity (Wildman–Crippen MR) is 49.8 cm³/mol. The van der Waals surface area contributed by atoms with E-state index < -0.39 is 0 Å². The smallest absolute Gasteiger partial charge is 0.0308 e. The fraction of sp³-hybridized carbons (Fsp3) is 1.00. The molecule has 2 saturated heterocycles. The molecule has 2 heterocycles. The van der Waals surface area contributed by atoms with Crippen LogP contribution in [-0.4, -0.2) is 36.1 Å². The van der Waals surface area contributed by atoms with Gasteiger partial charge in [0.2, 0.25) is 0 Å². The fourth-order valence-corrected chi connectivity index (χ4v) is 2.77. The van der Waals surface area contributed by atoms with E-state index in [1.54, 1.807) is 0 Å². The van der Waals surface area contributed by atoms with E-state index >= 15 is 0 Å². The van der Waals surface area contributed by atoms with Gasteiger partial charge in [0.15, 0.2) is 0 Å². The van der Waals surface area contributed by atoms with Crippen LogP contribution in [-0.2, 0) is 0 Å². The molecule has 12 heavy (non-hydrogen) atoms. The molecule has 2 aliphatic rings. The van der Waals surface area contributed by atoms with Crippen molar-refractivity contribution in [1.82, 2.24) is 4.90 Å². The van der Waals surface area contributed by atoms with Crippen LogP contribution in [0.2, 0.25) is 0 Å². The summed E-state index contributed by atoms with van der Waals surface area (Å²) in [7, 11) is 2.22. The molecule has 4 N–H and O–H groups in total. The zero-order valence-corrected chi connectivity index (χ0v) is 7.79. The van der Waals surface area contributed by atoms with Crippen LogP contribution in [0.4, 0.5) is 0 Å². The van der Waals surface area contributed by atoms with Crippen molar-refractivity contribution in [3.63, 3.8) is 0 Å². The summed E-state index contributed by atoms with van der Waals surface area (Å²) in [6.45, 7) is 0.647. The summed E-state index contributed by atoms with van der Waals surface area (Å²) in [4.78, 5) is 2.49. The standard InChI is InChI=1S/C9H19N3/c1-12-7-2-3-8(12)5-9(11,4-7)6-10/h7-8H,2-6,10-11H2,1H3. The molecule has 0 aromatic heterocycles. The molecule has 0 spiro atoms. The van der Waals surface area contributed by atoms with E-state index in [1.165, 1.54) is 12.8 Å². The first-order valence-corrected chi connectivity index (χ1v) is 4.85. The number of hydrogen-bond donors (Lipinski definition) is 2. The highest BCUT2D eigenvalue weighted by atomic mass is 15.2. The van der Waals surface area contributed by atoms with Crippen molar-refractivity contribution >= 4 is 0 Å². The van der Waals surface area contributed by atoms with Gasteiger partial charge in [-0.25, -0.2) is 0 Å². The Morgan fingerprint density at radius 3 is 2.25 bits per heavy atom. The fourth-order valence-electron chi connectivity index (χ4n) is 2.77. The van der Waals surface area contributed by atoms with Gasteiger partial charge in [-0.15, -0.1) is 0 Å². The Hall–Kier alpha value is -0.120. The summed E-state index contributed by atoms with van der Waals surface area (Å²) in [5.74, 6) is 0. The highest BCUT2D eigenvalue weighted by Gasteiger charge is 2.43. The lowest BCUT2D eigenvalue weighted by Gasteiger charge is -2.42. The molecule has 0 amide bonds. The molecule has 0 aromatic rings. The summed E-state index contributed by atoms with van der Waals surface area (Å²) in [5.41, 5.74) is 11.8. The second-order valence-electron chi connectivity index (χ2n) is 4.53. The van der Waals surface area contributed by atoms with Crippen molar-refractivity contribution in [3.8, 4) is 0 Å². The van der Waals surface area contributed by atoms with E-state index in [1.807, 2.05) is 0 Å². The van der Waals surface area contributed by atoms with Crippen LogP contribution in [0.3, 0.4) is 0 Å². The molecule has 2 unspecified atom stereocenters. The van der Waals surface area contributed by atoms with E-state index in [-0.39, 0.29) is 5.54 Å². The number of nitrogens with two attached hydrogens (primary N) is 2. The Kier molecular flexibility index (Phi) is 1.90. The Bertz CT molecular complexity index is 167. The lowest BCUT2D eigenvalue weighted by atomic mass is 9.84. The van der Waals surface area contributed by atoms with E-state index in [0.29, 0.717) is 18.6 Å². The van der Waals surface area contributed by atoms with Crippen LogP contribution < -0.4 is 11.5 Å². The van der Waals surface area contributed by atoms with E-state index in [0.717, 1.165) is 12.8 Å². The van der Waals surface area contributed by atoms with Crippen molar-refractivity contribution in [2.75, 3.05) is 13.6 Å². The molecule has 2 atom stereocenters. The summed E-state index contributed by atoms with van der Waals surface area (Å²) >= 11 is 0. The molecule has 0 saturated carbocycles.